The molecule has 1 aromatic heterocycles. The molecular weight excluding hydrogens is 376 g/mol. The number of carbonyl (C=O) groups excluding carboxylic acids is 1. The van der Waals surface area contributed by atoms with Crippen LogP contribution in [0.1, 0.15) is 62.7 Å². The lowest BCUT2D eigenvalue weighted by molar-refractivity contribution is -0.0377. The second kappa shape index (κ2) is 7.06. The molecule has 5 heteroatoms. The number of halogens is 1. The maximum absolute atomic E-state index is 13.1. The molecule has 1 N–H and O–H groups in total. The van der Waals surface area contributed by atoms with Crippen molar-refractivity contribution in [1.82, 2.24) is 10.2 Å². The molecule has 0 radical (unpaired) electrons. The fourth-order valence-corrected chi connectivity index (χ4v) is 6.14. The first-order valence-electron chi connectivity index (χ1n) is 9.77. The van der Waals surface area contributed by atoms with Crippen LogP contribution < -0.4 is 5.32 Å². The third kappa shape index (κ3) is 3.52. The molecule has 4 heterocycles. The smallest absolute Gasteiger partial charge is 0.261 e. The predicted octanol–water partition coefficient (Wildman–Crippen LogP) is 5.22. The molecule has 1 amide bonds. The van der Waals surface area contributed by atoms with Gasteiger partial charge in [0.05, 0.1) is 4.88 Å². The number of carbonyl (C=O) groups is 1. The van der Waals surface area contributed by atoms with Crippen molar-refractivity contribution in [3.63, 3.8) is 0 Å². The molecule has 0 aliphatic carbocycles. The highest BCUT2D eigenvalue weighted by Crippen LogP contribution is 2.40. The van der Waals surface area contributed by atoms with Gasteiger partial charge in [0.2, 0.25) is 0 Å². The SMILES string of the molecule is CC(C)(C)c1cccc2cc(C(=O)N[C@@H]3C4CCN(CC4)C3(C)C)sc12.Cl. The van der Waals surface area contributed by atoms with Crippen LogP contribution in [0.3, 0.4) is 0 Å². The Morgan fingerprint density at radius 1 is 1.22 bits per heavy atom. The normalized spacial score (nSPS) is 26.6. The monoisotopic (exact) mass is 406 g/mol. The van der Waals surface area contributed by atoms with Gasteiger partial charge in [-0.15, -0.1) is 23.7 Å². The minimum absolute atomic E-state index is 0. The zero-order valence-electron chi connectivity index (χ0n) is 17.0. The molecule has 27 heavy (non-hydrogen) atoms. The van der Waals surface area contributed by atoms with Crippen molar-refractivity contribution in [2.24, 2.45) is 5.92 Å². The van der Waals surface area contributed by atoms with E-state index in [2.05, 4.69) is 69.1 Å². The molecule has 0 unspecified atom stereocenters. The summed E-state index contributed by atoms with van der Waals surface area (Å²) in [5.41, 5.74) is 1.45. The minimum Gasteiger partial charge on any atom is -0.346 e. The Hall–Kier alpha value is -1.10. The van der Waals surface area contributed by atoms with E-state index < -0.39 is 0 Å². The Morgan fingerprint density at radius 3 is 2.48 bits per heavy atom. The number of nitrogens with one attached hydrogen (secondary N) is 1. The molecule has 2 aromatic rings. The van der Waals surface area contributed by atoms with Gasteiger partial charge in [-0.25, -0.2) is 0 Å². The molecule has 1 aromatic carbocycles. The molecule has 148 valence electrons. The van der Waals surface area contributed by atoms with Crippen LogP contribution >= 0.6 is 23.7 Å². The first-order chi connectivity index (χ1) is 12.2. The fraction of sp³-hybridized carbons (Fsp3) is 0.591. The van der Waals surface area contributed by atoms with Crippen molar-refractivity contribution in [2.75, 3.05) is 13.1 Å². The number of hydrogen-bond acceptors (Lipinski definition) is 3. The molecule has 2 bridgehead atoms. The summed E-state index contributed by atoms with van der Waals surface area (Å²) in [6, 6.07) is 8.73. The molecule has 3 aliphatic heterocycles. The van der Waals surface area contributed by atoms with Gasteiger partial charge in [0.15, 0.2) is 0 Å². The Morgan fingerprint density at radius 2 is 1.89 bits per heavy atom. The van der Waals surface area contributed by atoms with Gasteiger partial charge in [-0.3, -0.25) is 9.69 Å². The van der Waals surface area contributed by atoms with Crippen LogP contribution in [0.2, 0.25) is 0 Å². The lowest BCUT2D eigenvalue weighted by Crippen LogP contribution is -2.69. The van der Waals surface area contributed by atoms with Gasteiger partial charge in [0, 0.05) is 16.3 Å². The van der Waals surface area contributed by atoms with Crippen LogP contribution in [0.15, 0.2) is 24.3 Å². The number of thiophene rings is 1. The van der Waals surface area contributed by atoms with Crippen LogP contribution in [0.25, 0.3) is 10.1 Å². The number of hydrogen-bond donors (Lipinski definition) is 1. The van der Waals surface area contributed by atoms with E-state index in [-0.39, 0.29) is 35.3 Å². The van der Waals surface area contributed by atoms with E-state index in [1.165, 1.54) is 41.6 Å². The summed E-state index contributed by atoms with van der Waals surface area (Å²) in [6.45, 7) is 13.6. The molecule has 3 aliphatic rings. The maximum Gasteiger partial charge on any atom is 0.261 e. The van der Waals surface area contributed by atoms with E-state index in [0.29, 0.717) is 5.92 Å². The van der Waals surface area contributed by atoms with E-state index in [4.69, 9.17) is 0 Å². The molecule has 1 atom stereocenters. The largest absolute Gasteiger partial charge is 0.346 e. The van der Waals surface area contributed by atoms with Crippen molar-refractivity contribution >= 4 is 39.7 Å². The summed E-state index contributed by atoms with van der Waals surface area (Å²) in [7, 11) is 0. The van der Waals surface area contributed by atoms with Crippen LogP contribution in [-0.2, 0) is 5.41 Å². The Labute approximate surface area is 172 Å². The number of benzene rings is 1. The maximum atomic E-state index is 13.1. The van der Waals surface area contributed by atoms with Gasteiger partial charge in [0.25, 0.3) is 5.91 Å². The number of fused-ring (bicyclic) bond motifs is 4. The standard InChI is InChI=1S/C22H30N2OS.ClH/c1-21(2,3)16-8-6-7-15-13-17(26-18(15)16)20(25)23-19-14-9-11-24(12-10-14)22(19,4)5;/h6-8,13-14,19H,9-12H2,1-5H3,(H,23,25);1H/t19-;/m1./s1. The number of piperidine rings is 3. The summed E-state index contributed by atoms with van der Waals surface area (Å²) in [5.74, 6) is 0.705. The van der Waals surface area contributed by atoms with E-state index in [0.717, 1.165) is 4.88 Å². The van der Waals surface area contributed by atoms with Crippen molar-refractivity contribution in [2.45, 2.75) is 64.5 Å². The van der Waals surface area contributed by atoms with Gasteiger partial charge >= 0.3 is 0 Å². The first-order valence-corrected chi connectivity index (χ1v) is 10.6. The lowest BCUT2D eigenvalue weighted by Gasteiger charge is -2.56. The molecule has 0 saturated carbocycles. The second-order valence-corrected chi connectivity index (χ2v) is 10.6. The van der Waals surface area contributed by atoms with E-state index >= 15 is 0 Å². The first kappa shape index (κ1) is 20.6. The average molecular weight is 407 g/mol. The summed E-state index contributed by atoms with van der Waals surface area (Å²) >= 11 is 1.64. The fourth-order valence-electron chi connectivity index (χ4n) is 4.86. The van der Waals surface area contributed by atoms with Crippen molar-refractivity contribution in [3.8, 4) is 0 Å². The Kier molecular flexibility index (Phi) is 5.39. The molecule has 5 rings (SSSR count). The number of rotatable bonds is 2. The van der Waals surface area contributed by atoms with E-state index in [1.807, 2.05) is 0 Å². The third-order valence-electron chi connectivity index (χ3n) is 6.45. The minimum atomic E-state index is 0. The highest BCUT2D eigenvalue weighted by atomic mass is 35.5. The van der Waals surface area contributed by atoms with Gasteiger partial charge in [-0.05, 0) is 68.1 Å². The summed E-state index contributed by atoms with van der Waals surface area (Å²) in [4.78, 5) is 16.5. The molecule has 0 spiro atoms. The Bertz CT molecular complexity index is 844. The Balaban J connectivity index is 0.00000210. The second-order valence-electron chi connectivity index (χ2n) is 9.51. The highest BCUT2D eigenvalue weighted by molar-refractivity contribution is 7.21. The van der Waals surface area contributed by atoms with Crippen molar-refractivity contribution in [3.05, 3.63) is 34.7 Å². The topological polar surface area (TPSA) is 32.3 Å². The summed E-state index contributed by atoms with van der Waals surface area (Å²) in [6.07, 6.45) is 2.41. The predicted molar refractivity (Wildman–Crippen MR) is 117 cm³/mol. The van der Waals surface area contributed by atoms with Crippen LogP contribution in [0.5, 0.6) is 0 Å². The van der Waals surface area contributed by atoms with Gasteiger partial charge in [-0.1, -0.05) is 39.0 Å². The highest BCUT2D eigenvalue weighted by Gasteiger charge is 2.48. The quantitative estimate of drug-likeness (QED) is 0.741. The molecule has 3 fully saturated rings. The van der Waals surface area contributed by atoms with Crippen molar-refractivity contribution in [1.29, 1.82) is 0 Å². The number of amides is 1. The molecular formula is C22H31ClN2OS. The summed E-state index contributed by atoms with van der Waals surface area (Å²) in [5, 5.41) is 4.59. The third-order valence-corrected chi connectivity index (χ3v) is 7.63. The van der Waals surface area contributed by atoms with Gasteiger partial charge in [-0.2, -0.15) is 0 Å². The zero-order valence-corrected chi connectivity index (χ0v) is 18.6. The van der Waals surface area contributed by atoms with E-state index in [9.17, 15) is 4.79 Å². The molecule has 3 saturated heterocycles. The van der Waals surface area contributed by atoms with Crippen molar-refractivity contribution < 1.29 is 4.79 Å². The van der Waals surface area contributed by atoms with Crippen LogP contribution in [0, 0.1) is 5.92 Å². The van der Waals surface area contributed by atoms with Crippen LogP contribution in [-0.4, -0.2) is 35.5 Å². The lowest BCUT2D eigenvalue weighted by atomic mass is 9.72. The van der Waals surface area contributed by atoms with Crippen LogP contribution in [0.4, 0.5) is 0 Å². The van der Waals surface area contributed by atoms with Gasteiger partial charge in [0.1, 0.15) is 0 Å². The zero-order chi connectivity index (χ0) is 18.7. The van der Waals surface area contributed by atoms with Gasteiger partial charge < -0.3 is 5.32 Å². The average Bonchev–Trinajstić information content (AvgIpc) is 3.01. The number of nitrogens with zero attached hydrogens (tertiary/aromatic N) is 1. The van der Waals surface area contributed by atoms with E-state index in [1.54, 1.807) is 11.3 Å². The molecule has 3 nitrogen and oxygen atoms in total. The summed E-state index contributed by atoms with van der Waals surface area (Å²) < 4.78 is 1.25.